The molecule has 136 valence electrons. The lowest BCUT2D eigenvalue weighted by Gasteiger charge is -2.40. The molecule has 2 aliphatic rings. The van der Waals surface area contributed by atoms with Gasteiger partial charge in [-0.3, -0.25) is 9.59 Å². The summed E-state index contributed by atoms with van der Waals surface area (Å²) in [7, 11) is 0. The topological polar surface area (TPSA) is 76.1 Å². The van der Waals surface area contributed by atoms with Crippen molar-refractivity contribution >= 4 is 11.9 Å². The highest BCUT2D eigenvalue weighted by Crippen LogP contribution is 2.58. The molecule has 0 aromatic heterocycles. The second-order valence-electron chi connectivity index (χ2n) is 7.54. The molecule has 0 radical (unpaired) electrons. The smallest absolute Gasteiger partial charge is 0.313 e. The highest BCUT2D eigenvalue weighted by atomic mass is 16.6. The van der Waals surface area contributed by atoms with Crippen molar-refractivity contribution in [3.05, 3.63) is 35.9 Å². The van der Waals surface area contributed by atoms with E-state index in [9.17, 15) is 14.7 Å². The average molecular weight is 346 g/mol. The number of esters is 1. The van der Waals surface area contributed by atoms with E-state index >= 15 is 0 Å². The molecule has 1 aromatic carbocycles. The molecule has 1 saturated heterocycles. The number of rotatable bonds is 7. The lowest BCUT2D eigenvalue weighted by Crippen LogP contribution is -2.49. The Kier molecular flexibility index (Phi) is 4.87. The monoisotopic (exact) mass is 346 g/mol. The second-order valence-corrected chi connectivity index (χ2v) is 7.54. The lowest BCUT2D eigenvalue weighted by atomic mass is 9.61. The summed E-state index contributed by atoms with van der Waals surface area (Å²) >= 11 is 0. The molecule has 1 aliphatic heterocycles. The average Bonchev–Trinajstić information content (AvgIpc) is 3.27. The minimum Gasteiger partial charge on any atom is -0.481 e. The fourth-order valence-corrected chi connectivity index (χ4v) is 4.09. The Morgan fingerprint density at radius 3 is 2.64 bits per heavy atom. The van der Waals surface area contributed by atoms with Crippen LogP contribution in [0.3, 0.4) is 0 Å². The van der Waals surface area contributed by atoms with Crippen LogP contribution in [0.2, 0.25) is 0 Å². The Hall–Kier alpha value is -1.88. The normalized spacial score (nSPS) is 33.4. The van der Waals surface area contributed by atoms with Crippen molar-refractivity contribution in [2.24, 2.45) is 11.3 Å². The van der Waals surface area contributed by atoms with Crippen molar-refractivity contribution in [3.63, 3.8) is 0 Å². The van der Waals surface area contributed by atoms with Crippen LogP contribution in [0.1, 0.15) is 51.5 Å². The van der Waals surface area contributed by atoms with E-state index in [0.29, 0.717) is 19.3 Å². The summed E-state index contributed by atoms with van der Waals surface area (Å²) in [6, 6.07) is 9.46. The Bertz CT molecular complexity index is 643. The third kappa shape index (κ3) is 3.43. The van der Waals surface area contributed by atoms with Crippen molar-refractivity contribution in [1.29, 1.82) is 0 Å². The number of ether oxygens (including phenoxy) is 2. The molecule has 5 heteroatoms. The predicted octanol–water partition coefficient (Wildman–Crippen LogP) is 3.56. The summed E-state index contributed by atoms with van der Waals surface area (Å²) in [6.07, 6.45) is 3.01. The number of benzene rings is 1. The van der Waals surface area contributed by atoms with E-state index in [-0.39, 0.29) is 12.7 Å². The molecule has 1 heterocycles. The maximum Gasteiger partial charge on any atom is 0.313 e. The number of epoxide rings is 1. The van der Waals surface area contributed by atoms with E-state index < -0.39 is 28.9 Å². The minimum absolute atomic E-state index is 0.0377. The third-order valence-corrected chi connectivity index (χ3v) is 5.76. The van der Waals surface area contributed by atoms with Crippen LogP contribution in [0.15, 0.2) is 30.3 Å². The molecule has 4 atom stereocenters. The fourth-order valence-electron chi connectivity index (χ4n) is 4.09. The molecule has 1 N–H and O–H groups in total. The van der Waals surface area contributed by atoms with Crippen LogP contribution >= 0.6 is 0 Å². The van der Waals surface area contributed by atoms with Crippen LogP contribution in [0, 0.1) is 11.3 Å². The Labute approximate surface area is 148 Å². The first kappa shape index (κ1) is 17.9. The van der Waals surface area contributed by atoms with Crippen LogP contribution in [-0.2, 0) is 25.7 Å². The number of carboxylic acid groups (broad SMARTS) is 1. The van der Waals surface area contributed by atoms with Crippen molar-refractivity contribution in [2.45, 2.75) is 64.3 Å². The molecule has 25 heavy (non-hydrogen) atoms. The third-order valence-electron chi connectivity index (χ3n) is 5.76. The predicted molar refractivity (Wildman–Crippen MR) is 91.8 cm³/mol. The first-order valence-corrected chi connectivity index (χ1v) is 9.03. The van der Waals surface area contributed by atoms with Crippen LogP contribution in [0.4, 0.5) is 0 Å². The van der Waals surface area contributed by atoms with Crippen LogP contribution in [-0.4, -0.2) is 28.8 Å². The second kappa shape index (κ2) is 6.79. The Morgan fingerprint density at radius 2 is 2.00 bits per heavy atom. The minimum atomic E-state index is -0.989. The van der Waals surface area contributed by atoms with Crippen molar-refractivity contribution in [3.8, 4) is 0 Å². The Balaban J connectivity index is 1.81. The summed E-state index contributed by atoms with van der Waals surface area (Å²) in [5.41, 5.74) is -0.479. The van der Waals surface area contributed by atoms with Gasteiger partial charge in [-0.2, -0.15) is 0 Å². The number of hydrogen-bond acceptors (Lipinski definition) is 4. The highest BCUT2D eigenvalue weighted by molar-refractivity contribution is 5.85. The number of aliphatic carboxylic acids is 1. The summed E-state index contributed by atoms with van der Waals surface area (Å²) in [5.74, 6) is -2.08. The van der Waals surface area contributed by atoms with Gasteiger partial charge in [0.15, 0.2) is 0 Å². The molecule has 1 aliphatic carbocycles. The van der Waals surface area contributed by atoms with Crippen molar-refractivity contribution < 1.29 is 24.2 Å². The van der Waals surface area contributed by atoms with Gasteiger partial charge >= 0.3 is 11.9 Å². The maximum absolute atomic E-state index is 13.0. The van der Waals surface area contributed by atoms with Gasteiger partial charge in [0.1, 0.15) is 6.61 Å². The van der Waals surface area contributed by atoms with Gasteiger partial charge in [-0.1, -0.05) is 50.1 Å². The number of carbonyl (C=O) groups excluding carboxylic acids is 1. The van der Waals surface area contributed by atoms with E-state index in [0.717, 1.165) is 18.4 Å². The van der Waals surface area contributed by atoms with Gasteiger partial charge in [-0.05, 0) is 31.7 Å². The van der Waals surface area contributed by atoms with E-state index in [2.05, 4.69) is 0 Å². The summed E-state index contributed by atoms with van der Waals surface area (Å²) in [5, 5.41) is 9.79. The van der Waals surface area contributed by atoms with Crippen LogP contribution < -0.4 is 0 Å². The number of carboxylic acids is 1. The number of hydrogen-bond donors (Lipinski definition) is 1. The SMILES string of the molecule is CCCCC1(C(=O)OCc2ccccc2)CC2OC2(C)CC1C(=O)O. The van der Waals surface area contributed by atoms with E-state index in [1.807, 2.05) is 44.2 Å². The zero-order valence-electron chi connectivity index (χ0n) is 14.9. The molecule has 3 rings (SSSR count). The van der Waals surface area contributed by atoms with Crippen molar-refractivity contribution in [1.82, 2.24) is 0 Å². The molecule has 4 unspecified atom stereocenters. The standard InChI is InChI=1S/C20H26O5/c1-3-4-10-20(18(23)24-13-14-8-6-5-7-9-14)12-16-19(2,25-16)11-15(20)17(21)22/h5-9,15-16H,3-4,10-13H2,1-2H3,(H,21,22). The van der Waals surface area contributed by atoms with E-state index in [1.165, 1.54) is 0 Å². The number of carbonyl (C=O) groups is 2. The summed E-state index contributed by atoms with van der Waals surface area (Å²) < 4.78 is 11.3. The lowest BCUT2D eigenvalue weighted by molar-refractivity contribution is -0.172. The molecular formula is C20H26O5. The highest BCUT2D eigenvalue weighted by Gasteiger charge is 2.67. The van der Waals surface area contributed by atoms with E-state index in [4.69, 9.17) is 9.47 Å². The molecule has 0 amide bonds. The van der Waals surface area contributed by atoms with Crippen LogP contribution in [0.5, 0.6) is 0 Å². The molecule has 1 aromatic rings. The van der Waals surface area contributed by atoms with Gasteiger partial charge in [-0.25, -0.2) is 0 Å². The molecule has 1 saturated carbocycles. The molecule has 0 spiro atoms. The molecule has 0 bridgehead atoms. The largest absolute Gasteiger partial charge is 0.481 e. The number of fused-ring (bicyclic) bond motifs is 1. The van der Waals surface area contributed by atoms with Gasteiger partial charge in [0.25, 0.3) is 0 Å². The molecular weight excluding hydrogens is 320 g/mol. The zero-order valence-corrected chi connectivity index (χ0v) is 14.9. The van der Waals surface area contributed by atoms with Crippen LogP contribution in [0.25, 0.3) is 0 Å². The zero-order chi connectivity index (χ0) is 18.1. The first-order chi connectivity index (χ1) is 11.9. The van der Waals surface area contributed by atoms with Gasteiger partial charge in [0, 0.05) is 0 Å². The Morgan fingerprint density at radius 1 is 1.28 bits per heavy atom. The quantitative estimate of drug-likeness (QED) is 0.603. The maximum atomic E-state index is 13.0. The van der Waals surface area contributed by atoms with Gasteiger partial charge < -0.3 is 14.6 Å². The van der Waals surface area contributed by atoms with Gasteiger partial charge in [-0.15, -0.1) is 0 Å². The fraction of sp³-hybridized carbons (Fsp3) is 0.600. The molecule has 2 fully saturated rings. The van der Waals surface area contributed by atoms with E-state index in [1.54, 1.807) is 0 Å². The van der Waals surface area contributed by atoms with Gasteiger partial charge in [0.2, 0.25) is 0 Å². The van der Waals surface area contributed by atoms with Crippen molar-refractivity contribution in [2.75, 3.05) is 0 Å². The molecule has 5 nitrogen and oxygen atoms in total. The first-order valence-electron chi connectivity index (χ1n) is 9.03. The number of unbranched alkanes of at least 4 members (excludes halogenated alkanes) is 1. The summed E-state index contributed by atoms with van der Waals surface area (Å²) in [4.78, 5) is 25.0. The summed E-state index contributed by atoms with van der Waals surface area (Å²) in [6.45, 7) is 4.15. The van der Waals surface area contributed by atoms with Gasteiger partial charge in [0.05, 0.1) is 23.0 Å².